The van der Waals surface area contributed by atoms with E-state index in [9.17, 15) is 10.2 Å². The molecule has 15 heteroatoms. The molecule has 1 rings (SSSR count). The van der Waals surface area contributed by atoms with Crippen molar-refractivity contribution in [1.29, 1.82) is 0 Å². The third-order valence-corrected chi connectivity index (χ3v) is 6.89. The quantitative estimate of drug-likeness (QED) is 0.191. The van der Waals surface area contributed by atoms with Gasteiger partial charge < -0.3 is 29.6 Å². The van der Waals surface area contributed by atoms with Crippen molar-refractivity contribution in [1.82, 2.24) is 4.90 Å². The summed E-state index contributed by atoms with van der Waals surface area (Å²) >= 11 is 36.2. The van der Waals surface area contributed by atoms with Crippen LogP contribution in [0.1, 0.15) is 6.42 Å². The maximum absolute atomic E-state index is 11.7. The number of hydrogen-bond donors (Lipinski definition) is 5. The average molecular weight is 564 g/mol. The van der Waals surface area contributed by atoms with Crippen LogP contribution in [0.4, 0.5) is 0 Å². The van der Waals surface area contributed by atoms with E-state index in [1.165, 1.54) is 0 Å². The number of rotatable bonds is 11. The first-order chi connectivity index (χ1) is 13.3. The fourth-order valence-electron chi connectivity index (χ4n) is 3.13. The van der Waals surface area contributed by atoms with E-state index in [1.807, 2.05) is 0 Å². The molecule has 0 aromatic heterocycles. The van der Waals surface area contributed by atoms with E-state index < -0.39 is 36.4 Å². The van der Waals surface area contributed by atoms with Crippen LogP contribution in [0.25, 0.3) is 0 Å². The van der Waals surface area contributed by atoms with Crippen LogP contribution in [-0.4, -0.2) is 95.8 Å². The third kappa shape index (κ3) is 8.86. The molecule has 3 atom stereocenters. The van der Waals surface area contributed by atoms with Crippen LogP contribution in [0.5, 0.6) is 0 Å². The zero-order valence-corrected chi connectivity index (χ0v) is 20.7. The second kappa shape index (κ2) is 14.1. The zero-order chi connectivity index (χ0) is 22.9. The summed E-state index contributed by atoms with van der Waals surface area (Å²) in [6, 6.07) is 0. The Morgan fingerprint density at radius 2 is 1.38 bits per heavy atom. The van der Waals surface area contributed by atoms with Gasteiger partial charge in [-0.15, -0.1) is 69.6 Å². The Bertz CT molecular complexity index is 495. The first-order valence-corrected chi connectivity index (χ1v) is 13.0. The van der Waals surface area contributed by atoms with Gasteiger partial charge in [0.15, 0.2) is 5.72 Å². The Hall–Kier alpha value is 1.69. The molecule has 29 heavy (non-hydrogen) atoms. The number of alkyl halides is 6. The van der Waals surface area contributed by atoms with E-state index in [0.29, 0.717) is 13.2 Å². The molecule has 0 saturated carbocycles. The second-order valence-electron chi connectivity index (χ2n) is 6.43. The Labute approximate surface area is 200 Å². The molecular weight excluding hydrogens is 538 g/mol. The second-order valence-corrected chi connectivity index (χ2v) is 9.62. The summed E-state index contributed by atoms with van der Waals surface area (Å²) < 4.78 is 14.2. The van der Waals surface area contributed by atoms with Crippen molar-refractivity contribution in [2.24, 2.45) is 11.8 Å². The van der Waals surface area contributed by atoms with Crippen LogP contribution < -0.4 is 0 Å². The molecule has 1 fully saturated rings. The fraction of sp³-hybridized carbons (Fsp3) is 1.00. The monoisotopic (exact) mass is 561 g/mol. The van der Waals surface area contributed by atoms with Crippen molar-refractivity contribution < 1.29 is 34.2 Å². The van der Waals surface area contributed by atoms with Gasteiger partial charge in [-0.2, -0.15) is 0 Å². The number of phosphoric acid groups is 1. The Morgan fingerprint density at radius 3 is 1.69 bits per heavy atom. The van der Waals surface area contributed by atoms with Gasteiger partial charge in [0.25, 0.3) is 0 Å². The highest BCUT2D eigenvalue weighted by Crippen LogP contribution is 2.45. The molecule has 3 unspecified atom stereocenters. The molecule has 1 aliphatic rings. The van der Waals surface area contributed by atoms with Crippen molar-refractivity contribution >= 4 is 77.4 Å². The third-order valence-electron chi connectivity index (χ3n) is 4.56. The van der Waals surface area contributed by atoms with Crippen LogP contribution in [0.2, 0.25) is 0 Å². The minimum atomic E-state index is -4.64. The number of hydrogen-bond acceptors (Lipinski definition) is 5. The number of nitrogens with zero attached hydrogens (tertiary/aromatic N) is 1. The zero-order valence-electron chi connectivity index (χ0n) is 15.3. The van der Waals surface area contributed by atoms with Gasteiger partial charge in [0, 0.05) is 47.8 Å². The van der Waals surface area contributed by atoms with Gasteiger partial charge in [-0.05, 0) is 6.42 Å². The summed E-state index contributed by atoms with van der Waals surface area (Å²) in [7, 11) is -4.64. The summed E-state index contributed by atoms with van der Waals surface area (Å²) in [4.78, 5) is 23.2. The molecule has 0 bridgehead atoms. The lowest BCUT2D eigenvalue weighted by Gasteiger charge is -2.54. The van der Waals surface area contributed by atoms with E-state index in [0.717, 1.165) is 0 Å². The summed E-state index contributed by atoms with van der Waals surface area (Å²) in [5, 5.41) is 22.7. The fourth-order valence-corrected chi connectivity index (χ4v) is 5.08. The van der Waals surface area contributed by atoms with Crippen LogP contribution in [-0.2, 0) is 9.30 Å². The average Bonchev–Trinajstić information content (AvgIpc) is 3.16. The molecule has 1 heterocycles. The molecule has 176 valence electrons. The summed E-state index contributed by atoms with van der Waals surface area (Å²) in [5.74, 6) is -1.08. The standard InChI is InChI=1S/C14H23Cl6NO3.H3O4P/c15-4-10(5-16)13(22,3-12(20)8-19)14(23,11(6-17)7-18)21-1-2-24-9-21;1-5(2,3)4/h10-12,22-23H,1-9H2;(H3,1,2,3,4). The summed E-state index contributed by atoms with van der Waals surface area (Å²) in [6.07, 6.45) is -0.0144. The van der Waals surface area contributed by atoms with E-state index in [-0.39, 0.29) is 42.6 Å². The highest BCUT2D eigenvalue weighted by atomic mass is 35.5. The largest absolute Gasteiger partial charge is 0.466 e. The van der Waals surface area contributed by atoms with Crippen LogP contribution in [0, 0.1) is 11.8 Å². The van der Waals surface area contributed by atoms with E-state index >= 15 is 0 Å². The molecule has 0 amide bonds. The SMILES string of the molecule is O=P(O)(O)O.OC(CC(Cl)CCl)(C(CCl)CCl)C(O)(C(CCl)CCl)N1CCOC1. The molecule has 0 aromatic carbocycles. The van der Waals surface area contributed by atoms with Gasteiger partial charge in [0.1, 0.15) is 12.3 Å². The predicted octanol–water partition coefficient (Wildman–Crippen LogP) is 2.19. The summed E-state index contributed by atoms with van der Waals surface area (Å²) in [6.45, 7) is 0.963. The van der Waals surface area contributed by atoms with Crippen molar-refractivity contribution in [2.45, 2.75) is 23.1 Å². The first kappa shape index (κ1) is 30.7. The van der Waals surface area contributed by atoms with Crippen molar-refractivity contribution in [3.63, 3.8) is 0 Å². The summed E-state index contributed by atoms with van der Waals surface area (Å²) in [5.41, 5.74) is -3.57. The molecule has 0 spiro atoms. The topological polar surface area (TPSA) is 131 Å². The number of ether oxygens (including phenoxy) is 1. The van der Waals surface area contributed by atoms with Crippen molar-refractivity contribution in [3.8, 4) is 0 Å². The van der Waals surface area contributed by atoms with Crippen LogP contribution >= 0.6 is 77.4 Å². The molecular formula is C14H26Cl6NO7P. The Balaban J connectivity index is 0.00000139. The predicted molar refractivity (Wildman–Crippen MR) is 117 cm³/mol. The van der Waals surface area contributed by atoms with Gasteiger partial charge in [-0.25, -0.2) is 9.46 Å². The lowest BCUT2D eigenvalue weighted by molar-refractivity contribution is -0.272. The van der Waals surface area contributed by atoms with E-state index in [1.54, 1.807) is 4.90 Å². The lowest BCUT2D eigenvalue weighted by atomic mass is 9.71. The highest BCUT2D eigenvalue weighted by Gasteiger charge is 2.61. The normalized spacial score (nSPS) is 20.9. The Morgan fingerprint density at radius 1 is 0.931 bits per heavy atom. The molecule has 1 saturated heterocycles. The van der Waals surface area contributed by atoms with Gasteiger partial charge in [0.2, 0.25) is 0 Å². The van der Waals surface area contributed by atoms with Crippen molar-refractivity contribution in [2.75, 3.05) is 49.3 Å². The smallest absolute Gasteiger partial charge is 0.385 e. The Kier molecular flexibility index (Phi) is 14.9. The molecule has 1 aliphatic heterocycles. The maximum atomic E-state index is 11.7. The molecule has 0 radical (unpaired) electrons. The lowest BCUT2D eigenvalue weighted by Crippen LogP contribution is -2.72. The van der Waals surface area contributed by atoms with Crippen LogP contribution in [0.15, 0.2) is 0 Å². The van der Waals surface area contributed by atoms with Crippen LogP contribution in [0.3, 0.4) is 0 Å². The van der Waals surface area contributed by atoms with E-state index in [4.69, 9.17) is 93.6 Å². The molecule has 5 N–H and O–H groups in total. The van der Waals surface area contributed by atoms with Crippen molar-refractivity contribution in [3.05, 3.63) is 0 Å². The van der Waals surface area contributed by atoms with Gasteiger partial charge in [-0.1, -0.05) is 0 Å². The highest BCUT2D eigenvalue weighted by molar-refractivity contribution is 7.45. The van der Waals surface area contributed by atoms with E-state index in [2.05, 4.69) is 0 Å². The first-order valence-electron chi connectivity index (χ1n) is 8.35. The van der Waals surface area contributed by atoms with Gasteiger partial charge in [0.05, 0.1) is 12.0 Å². The maximum Gasteiger partial charge on any atom is 0.466 e. The molecule has 8 nitrogen and oxygen atoms in total. The minimum absolute atomic E-state index is 0.0144. The molecule has 0 aliphatic carbocycles. The molecule has 0 aromatic rings. The van der Waals surface area contributed by atoms with Gasteiger partial charge >= 0.3 is 7.82 Å². The number of aliphatic hydroxyl groups is 2. The van der Waals surface area contributed by atoms with Gasteiger partial charge in [-0.3, -0.25) is 0 Å². The minimum Gasteiger partial charge on any atom is -0.385 e. The number of halogens is 6.